The zero-order valence-electron chi connectivity index (χ0n) is 10.3. The molecule has 0 spiro atoms. The minimum atomic E-state index is -0.141. The Hall–Kier alpha value is -0.0500. The van der Waals surface area contributed by atoms with Gasteiger partial charge in [0.15, 0.2) is 0 Å². The normalized spacial score (nSPS) is 14.2. The molecule has 0 fully saturated rings. The first-order valence-corrected chi connectivity index (χ1v) is 6.53. The van der Waals surface area contributed by atoms with Crippen LogP contribution in [0.1, 0.15) is 33.6 Å². The van der Waals surface area contributed by atoms with Crippen molar-refractivity contribution in [3.8, 4) is 0 Å². The van der Waals surface area contributed by atoms with E-state index < -0.39 is 0 Å². The standard InChI is InChI=1S/C12H21Cl2NO/c1-4-15(5-2)9-12(16)7-6-11(14)8-10(3)13/h8,11H,4-7,9H2,1-3H3. The highest BCUT2D eigenvalue weighted by Gasteiger charge is 2.09. The summed E-state index contributed by atoms with van der Waals surface area (Å²) in [5.74, 6) is 0.245. The van der Waals surface area contributed by atoms with E-state index in [1.54, 1.807) is 13.0 Å². The topological polar surface area (TPSA) is 20.3 Å². The lowest BCUT2D eigenvalue weighted by atomic mass is 10.1. The van der Waals surface area contributed by atoms with Gasteiger partial charge >= 0.3 is 0 Å². The van der Waals surface area contributed by atoms with E-state index >= 15 is 0 Å². The summed E-state index contributed by atoms with van der Waals surface area (Å²) in [5, 5.41) is 0.536. The number of halogens is 2. The second-order valence-corrected chi connectivity index (χ2v) is 4.96. The summed E-state index contributed by atoms with van der Waals surface area (Å²) < 4.78 is 0. The fourth-order valence-electron chi connectivity index (χ4n) is 1.41. The van der Waals surface area contributed by atoms with Crippen LogP contribution in [0.25, 0.3) is 0 Å². The summed E-state index contributed by atoms with van der Waals surface area (Å²) in [6.07, 6.45) is 2.95. The minimum Gasteiger partial charge on any atom is -0.298 e. The maximum atomic E-state index is 11.6. The van der Waals surface area contributed by atoms with Gasteiger partial charge in [-0.15, -0.1) is 11.6 Å². The van der Waals surface area contributed by atoms with Gasteiger partial charge in [0.05, 0.1) is 11.9 Å². The van der Waals surface area contributed by atoms with Crippen LogP contribution in [-0.2, 0) is 4.79 Å². The van der Waals surface area contributed by atoms with Gasteiger partial charge in [-0.05, 0) is 26.4 Å². The van der Waals surface area contributed by atoms with Crippen LogP contribution in [0.4, 0.5) is 0 Å². The average Bonchev–Trinajstić information content (AvgIpc) is 2.22. The van der Waals surface area contributed by atoms with Gasteiger partial charge in [0.25, 0.3) is 0 Å². The van der Waals surface area contributed by atoms with Gasteiger partial charge in [0.1, 0.15) is 5.78 Å². The number of alkyl halides is 1. The van der Waals surface area contributed by atoms with Crippen LogP contribution in [0.3, 0.4) is 0 Å². The SMILES string of the molecule is CCN(CC)CC(=O)CCC(Cl)C=C(C)Cl. The molecule has 0 aliphatic heterocycles. The van der Waals surface area contributed by atoms with E-state index in [4.69, 9.17) is 23.2 Å². The van der Waals surface area contributed by atoms with Crippen molar-refractivity contribution in [2.45, 2.75) is 39.0 Å². The summed E-state index contributed by atoms with van der Waals surface area (Å²) in [5.41, 5.74) is 0. The van der Waals surface area contributed by atoms with Crippen LogP contribution >= 0.6 is 23.2 Å². The van der Waals surface area contributed by atoms with Gasteiger partial charge in [-0.25, -0.2) is 0 Å². The lowest BCUT2D eigenvalue weighted by Crippen LogP contribution is -2.29. The summed E-state index contributed by atoms with van der Waals surface area (Å²) >= 11 is 11.7. The van der Waals surface area contributed by atoms with E-state index in [1.807, 2.05) is 0 Å². The third kappa shape index (κ3) is 8.14. The van der Waals surface area contributed by atoms with Crippen LogP contribution in [-0.4, -0.2) is 35.7 Å². The highest BCUT2D eigenvalue weighted by Crippen LogP contribution is 2.12. The number of rotatable bonds is 8. The fraction of sp³-hybridized carbons (Fsp3) is 0.750. The van der Waals surface area contributed by atoms with Crippen molar-refractivity contribution >= 4 is 29.0 Å². The molecule has 0 rings (SSSR count). The molecule has 0 heterocycles. The molecular weight excluding hydrogens is 245 g/mol. The molecule has 0 saturated carbocycles. The Morgan fingerprint density at radius 2 is 1.94 bits per heavy atom. The van der Waals surface area contributed by atoms with Crippen LogP contribution in [0.5, 0.6) is 0 Å². The molecule has 16 heavy (non-hydrogen) atoms. The lowest BCUT2D eigenvalue weighted by molar-refractivity contribution is -0.120. The maximum absolute atomic E-state index is 11.6. The fourth-order valence-corrected chi connectivity index (χ4v) is 1.92. The minimum absolute atomic E-state index is 0.141. The molecule has 0 aliphatic carbocycles. The molecule has 0 aromatic carbocycles. The van der Waals surface area contributed by atoms with Gasteiger partial charge in [-0.2, -0.15) is 0 Å². The third-order valence-corrected chi connectivity index (χ3v) is 2.87. The van der Waals surface area contributed by atoms with Crippen molar-refractivity contribution in [1.29, 1.82) is 0 Å². The Bertz CT molecular complexity index is 233. The summed E-state index contributed by atoms with van der Waals surface area (Å²) in [6, 6.07) is 0. The molecule has 2 nitrogen and oxygen atoms in total. The van der Waals surface area contributed by atoms with Gasteiger partial charge < -0.3 is 0 Å². The smallest absolute Gasteiger partial charge is 0.146 e. The van der Waals surface area contributed by atoms with E-state index in [9.17, 15) is 4.79 Å². The molecule has 0 aliphatic rings. The number of Topliss-reactive ketones (excluding diaryl/α,β-unsaturated/α-hetero) is 1. The lowest BCUT2D eigenvalue weighted by Gasteiger charge is -2.16. The molecule has 0 N–H and O–H groups in total. The molecule has 0 aromatic heterocycles. The number of allylic oxidation sites excluding steroid dienone is 2. The van der Waals surface area contributed by atoms with Gasteiger partial charge in [0.2, 0.25) is 0 Å². The highest BCUT2D eigenvalue weighted by atomic mass is 35.5. The first kappa shape index (κ1) is 16.0. The molecule has 1 atom stereocenters. The summed E-state index contributed by atoms with van der Waals surface area (Å²) in [6.45, 7) is 8.25. The number of hydrogen-bond donors (Lipinski definition) is 0. The summed E-state index contributed by atoms with van der Waals surface area (Å²) in [7, 11) is 0. The Balaban J connectivity index is 3.85. The molecule has 1 unspecified atom stereocenters. The molecule has 4 heteroatoms. The molecule has 94 valence electrons. The summed E-state index contributed by atoms with van der Waals surface area (Å²) in [4.78, 5) is 13.7. The van der Waals surface area contributed by atoms with Crippen molar-refractivity contribution in [2.75, 3.05) is 19.6 Å². The number of likely N-dealkylation sites (N-methyl/N-ethyl adjacent to an activating group) is 1. The van der Waals surface area contributed by atoms with Gasteiger partial charge in [-0.3, -0.25) is 9.69 Å². The second kappa shape index (κ2) is 9.03. The van der Waals surface area contributed by atoms with E-state index in [0.717, 1.165) is 13.1 Å². The van der Waals surface area contributed by atoms with Crippen molar-refractivity contribution in [2.24, 2.45) is 0 Å². The Morgan fingerprint density at radius 3 is 2.38 bits per heavy atom. The number of carbonyl (C=O) groups is 1. The monoisotopic (exact) mass is 265 g/mol. The predicted molar refractivity (Wildman–Crippen MR) is 71.3 cm³/mol. The van der Waals surface area contributed by atoms with E-state index in [1.165, 1.54) is 0 Å². The maximum Gasteiger partial charge on any atom is 0.146 e. The van der Waals surface area contributed by atoms with Crippen LogP contribution in [0, 0.1) is 0 Å². The molecule has 0 bridgehead atoms. The first-order valence-electron chi connectivity index (χ1n) is 5.71. The molecule has 0 saturated heterocycles. The van der Waals surface area contributed by atoms with E-state index in [0.29, 0.717) is 24.4 Å². The molecule has 0 radical (unpaired) electrons. The van der Waals surface area contributed by atoms with E-state index in [-0.39, 0.29) is 11.2 Å². The Kier molecular flexibility index (Phi) is 9.00. The van der Waals surface area contributed by atoms with Gasteiger partial charge in [-0.1, -0.05) is 31.5 Å². The van der Waals surface area contributed by atoms with E-state index in [2.05, 4.69) is 18.7 Å². The second-order valence-electron chi connectivity index (χ2n) is 3.81. The number of hydrogen-bond acceptors (Lipinski definition) is 2. The number of ketones is 1. The zero-order chi connectivity index (χ0) is 12.6. The predicted octanol–water partition coefficient (Wildman–Crippen LogP) is 3.43. The van der Waals surface area contributed by atoms with Crippen LogP contribution < -0.4 is 0 Å². The van der Waals surface area contributed by atoms with Crippen molar-refractivity contribution in [3.05, 3.63) is 11.1 Å². The van der Waals surface area contributed by atoms with Crippen LogP contribution in [0.2, 0.25) is 0 Å². The highest BCUT2D eigenvalue weighted by molar-refractivity contribution is 6.30. The van der Waals surface area contributed by atoms with Gasteiger partial charge in [0, 0.05) is 11.5 Å². The number of nitrogens with zero attached hydrogens (tertiary/aromatic N) is 1. The Morgan fingerprint density at radius 1 is 1.38 bits per heavy atom. The quantitative estimate of drug-likeness (QED) is 0.627. The first-order chi connectivity index (χ1) is 7.49. The number of carbonyl (C=O) groups excluding carboxylic acids is 1. The zero-order valence-corrected chi connectivity index (χ0v) is 11.8. The van der Waals surface area contributed by atoms with Crippen molar-refractivity contribution < 1.29 is 4.79 Å². The van der Waals surface area contributed by atoms with Crippen LogP contribution in [0.15, 0.2) is 11.1 Å². The third-order valence-electron chi connectivity index (χ3n) is 2.40. The molecule has 0 aromatic rings. The molecule has 0 amide bonds. The Labute approximate surface area is 109 Å². The van der Waals surface area contributed by atoms with Crippen molar-refractivity contribution in [3.63, 3.8) is 0 Å². The molecular formula is C12H21Cl2NO. The largest absolute Gasteiger partial charge is 0.298 e. The van der Waals surface area contributed by atoms with Crippen molar-refractivity contribution in [1.82, 2.24) is 4.90 Å². The average molecular weight is 266 g/mol.